The monoisotopic (exact) mass is 543 g/mol. The Morgan fingerprint density at radius 3 is 2.54 bits per heavy atom. The van der Waals surface area contributed by atoms with Crippen LogP contribution in [0.15, 0.2) is 93.3 Å². The minimum Gasteiger partial charge on any atom is -0.445 e. The molecule has 0 aliphatic rings. The molecule has 0 saturated heterocycles. The van der Waals surface area contributed by atoms with E-state index in [0.29, 0.717) is 45.0 Å². The summed E-state index contributed by atoms with van der Waals surface area (Å²) in [7, 11) is -2.39. The molecule has 0 radical (unpaired) electrons. The maximum absolute atomic E-state index is 13.5. The van der Waals surface area contributed by atoms with E-state index in [0.717, 1.165) is 0 Å². The van der Waals surface area contributed by atoms with Crippen LogP contribution < -0.4 is 4.72 Å². The zero-order chi connectivity index (χ0) is 27.6. The topological polar surface area (TPSA) is 131 Å². The van der Waals surface area contributed by atoms with E-state index in [1.807, 2.05) is 6.07 Å². The van der Waals surface area contributed by atoms with Crippen LogP contribution in [0.3, 0.4) is 0 Å². The van der Waals surface area contributed by atoms with Gasteiger partial charge in [-0.3, -0.25) is 9.78 Å². The lowest BCUT2D eigenvalue weighted by molar-refractivity contribution is 0.0785. The third kappa shape index (κ3) is 5.30. The minimum atomic E-state index is -4.06. The van der Waals surface area contributed by atoms with E-state index >= 15 is 0 Å². The summed E-state index contributed by atoms with van der Waals surface area (Å²) < 4.78 is 40.3. The number of nitrogens with zero attached hydrogens (tertiary/aromatic N) is 4. The van der Waals surface area contributed by atoms with Crippen molar-refractivity contribution in [2.45, 2.75) is 25.3 Å². The van der Waals surface area contributed by atoms with Gasteiger partial charge in [0.1, 0.15) is 6.26 Å². The smallest absolute Gasteiger partial charge is 0.264 e. The van der Waals surface area contributed by atoms with Crippen LogP contribution in [0.1, 0.15) is 27.2 Å². The first-order valence-electron chi connectivity index (χ1n) is 12.0. The molecule has 10 nitrogen and oxygen atoms in total. The summed E-state index contributed by atoms with van der Waals surface area (Å²) in [6.45, 7) is 3.64. The van der Waals surface area contributed by atoms with E-state index in [4.69, 9.17) is 8.94 Å². The fourth-order valence-electron chi connectivity index (χ4n) is 4.13. The van der Waals surface area contributed by atoms with Crippen molar-refractivity contribution in [1.29, 1.82) is 0 Å². The van der Waals surface area contributed by atoms with Crippen molar-refractivity contribution in [3.8, 4) is 22.6 Å². The average Bonchev–Trinajstić information content (AvgIpc) is 3.59. The highest BCUT2D eigenvalue weighted by molar-refractivity contribution is 7.92. The molecular weight excluding hydrogens is 518 g/mol. The second kappa shape index (κ2) is 10.5. The summed E-state index contributed by atoms with van der Waals surface area (Å²) in [5.41, 5.74) is 4.09. The summed E-state index contributed by atoms with van der Waals surface area (Å²) in [5.74, 6) is 0.237. The van der Waals surface area contributed by atoms with E-state index in [-0.39, 0.29) is 23.2 Å². The molecule has 39 heavy (non-hydrogen) atoms. The van der Waals surface area contributed by atoms with Gasteiger partial charge in [0.05, 0.1) is 22.3 Å². The third-order valence-electron chi connectivity index (χ3n) is 6.30. The Morgan fingerprint density at radius 1 is 1.03 bits per heavy atom. The van der Waals surface area contributed by atoms with Gasteiger partial charge >= 0.3 is 0 Å². The van der Waals surface area contributed by atoms with Crippen molar-refractivity contribution >= 4 is 21.8 Å². The van der Waals surface area contributed by atoms with Gasteiger partial charge in [-0.2, -0.15) is 0 Å². The molecule has 198 valence electrons. The number of aryl methyl sites for hydroxylation is 1. The van der Waals surface area contributed by atoms with Crippen molar-refractivity contribution in [2.75, 3.05) is 11.8 Å². The lowest BCUT2D eigenvalue weighted by atomic mass is 9.96. The highest BCUT2D eigenvalue weighted by Gasteiger charge is 2.25. The van der Waals surface area contributed by atoms with E-state index in [9.17, 15) is 13.2 Å². The first-order valence-corrected chi connectivity index (χ1v) is 13.5. The second-order valence-electron chi connectivity index (χ2n) is 8.94. The molecule has 0 unspecified atom stereocenters. The first-order chi connectivity index (χ1) is 18.7. The lowest BCUT2D eigenvalue weighted by Crippen LogP contribution is -2.26. The fraction of sp³-hybridized carbons (Fsp3) is 0.143. The minimum absolute atomic E-state index is 0.0461. The Morgan fingerprint density at radius 2 is 1.85 bits per heavy atom. The molecule has 0 aliphatic heterocycles. The largest absolute Gasteiger partial charge is 0.445 e. The molecule has 1 N–H and O–H groups in total. The number of sulfonamides is 1. The molecule has 2 aromatic carbocycles. The SMILES string of the molecule is Cc1noc(NS(=O)(=O)c2ccccc2-c2ccc(-c3ncco3)cc2CN(C)C(=O)c2cccnc2)c1C. The summed E-state index contributed by atoms with van der Waals surface area (Å²) in [4.78, 5) is 23.0. The van der Waals surface area contributed by atoms with E-state index in [2.05, 4.69) is 19.8 Å². The van der Waals surface area contributed by atoms with Crippen LogP contribution in [0.25, 0.3) is 22.6 Å². The average molecular weight is 544 g/mol. The van der Waals surface area contributed by atoms with Gasteiger partial charge in [-0.15, -0.1) is 0 Å². The molecule has 0 bridgehead atoms. The standard InChI is InChI=1S/C28H25N5O5S/c1-18-19(2)31-38-26(18)32-39(35,36)25-9-5-4-8-24(25)23-11-10-20(27-30-13-14-37-27)15-22(23)17-33(3)28(34)21-7-6-12-29-16-21/h4-16,32H,17H2,1-3H3. The first kappa shape index (κ1) is 25.9. The van der Waals surface area contributed by atoms with Gasteiger partial charge < -0.3 is 13.8 Å². The van der Waals surface area contributed by atoms with Crippen LogP contribution in [0, 0.1) is 13.8 Å². The van der Waals surface area contributed by atoms with Gasteiger partial charge in [-0.1, -0.05) is 29.4 Å². The van der Waals surface area contributed by atoms with Gasteiger partial charge in [0.25, 0.3) is 15.9 Å². The third-order valence-corrected chi connectivity index (χ3v) is 7.69. The number of nitrogens with one attached hydrogen (secondary N) is 1. The van der Waals surface area contributed by atoms with Gasteiger partial charge in [-0.25, -0.2) is 18.1 Å². The number of oxazole rings is 1. The van der Waals surface area contributed by atoms with E-state index in [1.54, 1.807) is 80.7 Å². The molecule has 3 aromatic heterocycles. The number of anilines is 1. The number of benzene rings is 2. The number of aromatic nitrogens is 3. The zero-order valence-electron chi connectivity index (χ0n) is 21.5. The Hall–Kier alpha value is -4.77. The Labute approximate surface area is 225 Å². The lowest BCUT2D eigenvalue weighted by Gasteiger charge is -2.21. The van der Waals surface area contributed by atoms with Crippen molar-refractivity contribution in [1.82, 2.24) is 20.0 Å². The predicted octanol–water partition coefficient (Wildman–Crippen LogP) is 5.08. The number of amides is 1. The van der Waals surface area contributed by atoms with Crippen molar-refractivity contribution < 1.29 is 22.2 Å². The van der Waals surface area contributed by atoms with E-state index < -0.39 is 10.0 Å². The van der Waals surface area contributed by atoms with Crippen LogP contribution in [-0.2, 0) is 16.6 Å². The highest BCUT2D eigenvalue weighted by Crippen LogP contribution is 2.34. The Bertz CT molecular complexity index is 1730. The molecule has 5 rings (SSSR count). The van der Waals surface area contributed by atoms with Crippen LogP contribution >= 0.6 is 0 Å². The van der Waals surface area contributed by atoms with E-state index in [1.165, 1.54) is 18.5 Å². The molecule has 3 heterocycles. The summed E-state index contributed by atoms with van der Waals surface area (Å²) in [6.07, 6.45) is 6.12. The predicted molar refractivity (Wildman–Crippen MR) is 144 cm³/mol. The molecule has 0 spiro atoms. The quantitative estimate of drug-likeness (QED) is 0.287. The van der Waals surface area contributed by atoms with Crippen LogP contribution in [0.2, 0.25) is 0 Å². The van der Waals surface area contributed by atoms with Gasteiger partial charge in [0, 0.05) is 42.7 Å². The van der Waals surface area contributed by atoms with Gasteiger partial charge in [-0.05, 0) is 55.3 Å². The maximum Gasteiger partial charge on any atom is 0.264 e. The molecule has 11 heteroatoms. The normalized spacial score (nSPS) is 11.4. The molecule has 0 fully saturated rings. The van der Waals surface area contributed by atoms with Crippen molar-refractivity contribution in [3.63, 3.8) is 0 Å². The fourth-order valence-corrected chi connectivity index (χ4v) is 5.40. The van der Waals surface area contributed by atoms with Gasteiger partial charge in [0.15, 0.2) is 0 Å². The van der Waals surface area contributed by atoms with Gasteiger partial charge in [0.2, 0.25) is 11.8 Å². The summed E-state index contributed by atoms with van der Waals surface area (Å²) >= 11 is 0. The molecule has 1 amide bonds. The molecule has 0 atom stereocenters. The second-order valence-corrected chi connectivity index (χ2v) is 10.6. The Kier molecular flexibility index (Phi) is 6.99. The summed E-state index contributed by atoms with van der Waals surface area (Å²) in [5, 5.41) is 3.84. The highest BCUT2D eigenvalue weighted by atomic mass is 32.2. The molecule has 5 aromatic rings. The molecule has 0 aliphatic carbocycles. The van der Waals surface area contributed by atoms with Crippen LogP contribution in [-0.4, -0.2) is 41.4 Å². The Balaban J connectivity index is 1.58. The summed E-state index contributed by atoms with van der Waals surface area (Å²) in [6, 6.07) is 15.5. The number of rotatable bonds is 8. The number of hydrogen-bond acceptors (Lipinski definition) is 8. The number of hydrogen-bond donors (Lipinski definition) is 1. The van der Waals surface area contributed by atoms with Crippen LogP contribution in [0.4, 0.5) is 5.88 Å². The molecular formula is C28H25N5O5S. The zero-order valence-corrected chi connectivity index (χ0v) is 22.3. The maximum atomic E-state index is 13.5. The van der Waals surface area contributed by atoms with Crippen molar-refractivity contribution in [3.05, 3.63) is 102 Å². The number of carbonyl (C=O) groups excluding carboxylic acids is 1. The number of pyridine rings is 1. The van der Waals surface area contributed by atoms with Crippen LogP contribution in [0.5, 0.6) is 0 Å². The number of carbonyl (C=O) groups is 1. The van der Waals surface area contributed by atoms with Crippen molar-refractivity contribution in [2.24, 2.45) is 0 Å². The molecule has 0 saturated carbocycles.